The third-order valence-electron chi connectivity index (χ3n) is 7.70. The van der Waals surface area contributed by atoms with Gasteiger partial charge in [-0.3, -0.25) is 4.79 Å². The highest BCUT2D eigenvalue weighted by Gasteiger charge is 2.34. The van der Waals surface area contributed by atoms with Crippen molar-refractivity contribution in [3.63, 3.8) is 0 Å². The molecule has 2 aromatic rings. The van der Waals surface area contributed by atoms with Crippen LogP contribution in [0.25, 0.3) is 0 Å². The quantitative estimate of drug-likeness (QED) is 0.729. The van der Waals surface area contributed by atoms with E-state index in [1.54, 1.807) is 0 Å². The molecule has 2 fully saturated rings. The number of fused-ring (bicyclic) bond motifs is 1. The molecule has 32 heavy (non-hydrogen) atoms. The van der Waals surface area contributed by atoms with E-state index < -0.39 is 0 Å². The van der Waals surface area contributed by atoms with Crippen LogP contribution in [0.1, 0.15) is 55.5 Å². The Hall–Kier alpha value is -2.53. The third kappa shape index (κ3) is 4.36. The van der Waals surface area contributed by atoms with Crippen molar-refractivity contribution in [2.45, 2.75) is 52.1 Å². The number of amides is 1. The lowest BCUT2D eigenvalue weighted by molar-refractivity contribution is 0.0617. The lowest BCUT2D eigenvalue weighted by atomic mass is 9.82. The van der Waals surface area contributed by atoms with Crippen LogP contribution in [-0.2, 0) is 6.54 Å². The van der Waals surface area contributed by atoms with Gasteiger partial charge in [0.1, 0.15) is 0 Å². The lowest BCUT2D eigenvalue weighted by Crippen LogP contribution is -2.43. The van der Waals surface area contributed by atoms with Gasteiger partial charge in [0.25, 0.3) is 5.91 Å². The Balaban J connectivity index is 1.23. The molecule has 0 aromatic heterocycles. The van der Waals surface area contributed by atoms with Gasteiger partial charge in [0.05, 0.1) is 0 Å². The number of nitrogens with zero attached hydrogens (tertiary/aromatic N) is 3. The van der Waals surface area contributed by atoms with Crippen molar-refractivity contribution in [3.05, 3.63) is 53.6 Å². The number of hydrogen-bond donors (Lipinski definition) is 1. The predicted octanol–water partition coefficient (Wildman–Crippen LogP) is 5.11. The SMILES string of the molecule is CN1CCC(N2Cc3cc(Nc4ccc(N5CCC(C)(C)CC5)cc4)ccc3C2=O)CC1. The molecule has 3 heterocycles. The van der Waals surface area contributed by atoms with Gasteiger partial charge in [-0.1, -0.05) is 13.8 Å². The molecule has 0 unspecified atom stereocenters. The van der Waals surface area contributed by atoms with Crippen LogP contribution in [0.4, 0.5) is 17.1 Å². The summed E-state index contributed by atoms with van der Waals surface area (Å²) in [5.74, 6) is 0.204. The first-order valence-corrected chi connectivity index (χ1v) is 12.1. The highest BCUT2D eigenvalue weighted by molar-refractivity contribution is 5.99. The van der Waals surface area contributed by atoms with E-state index in [2.05, 4.69) is 71.2 Å². The van der Waals surface area contributed by atoms with Gasteiger partial charge >= 0.3 is 0 Å². The van der Waals surface area contributed by atoms with Gasteiger partial charge < -0.3 is 20.0 Å². The fraction of sp³-hybridized carbons (Fsp3) is 0.519. The van der Waals surface area contributed by atoms with Crippen LogP contribution in [0.15, 0.2) is 42.5 Å². The number of anilines is 3. The van der Waals surface area contributed by atoms with E-state index in [4.69, 9.17) is 0 Å². The van der Waals surface area contributed by atoms with E-state index in [1.807, 2.05) is 12.1 Å². The molecule has 1 amide bonds. The minimum atomic E-state index is 0.204. The second-order valence-electron chi connectivity index (χ2n) is 10.7. The molecular formula is C27H36N4O. The van der Waals surface area contributed by atoms with Gasteiger partial charge in [-0.15, -0.1) is 0 Å². The molecule has 0 atom stereocenters. The molecule has 0 bridgehead atoms. The molecule has 3 aliphatic rings. The maximum absolute atomic E-state index is 13.0. The zero-order valence-electron chi connectivity index (χ0n) is 19.7. The molecule has 2 aromatic carbocycles. The minimum Gasteiger partial charge on any atom is -0.371 e. The second kappa shape index (κ2) is 8.43. The normalized spacial score (nSPS) is 21.7. The number of carbonyl (C=O) groups excluding carboxylic acids is 1. The molecular weight excluding hydrogens is 396 g/mol. The number of benzene rings is 2. The number of carbonyl (C=O) groups is 1. The molecule has 2 saturated heterocycles. The zero-order chi connectivity index (χ0) is 22.3. The molecule has 5 rings (SSSR count). The molecule has 0 radical (unpaired) electrons. The van der Waals surface area contributed by atoms with Crippen molar-refractivity contribution in [1.82, 2.24) is 9.80 Å². The van der Waals surface area contributed by atoms with Gasteiger partial charge in [0, 0.05) is 48.3 Å². The minimum absolute atomic E-state index is 0.204. The summed E-state index contributed by atoms with van der Waals surface area (Å²) in [7, 11) is 2.16. The summed E-state index contributed by atoms with van der Waals surface area (Å²) in [5.41, 5.74) is 5.93. The van der Waals surface area contributed by atoms with E-state index in [0.717, 1.165) is 68.1 Å². The maximum atomic E-state index is 13.0. The summed E-state index contributed by atoms with van der Waals surface area (Å²) >= 11 is 0. The first kappa shape index (κ1) is 21.3. The summed E-state index contributed by atoms with van der Waals surface area (Å²) < 4.78 is 0. The number of hydrogen-bond acceptors (Lipinski definition) is 4. The van der Waals surface area contributed by atoms with Crippen molar-refractivity contribution in [3.8, 4) is 0 Å². The van der Waals surface area contributed by atoms with Crippen LogP contribution in [0.3, 0.4) is 0 Å². The van der Waals surface area contributed by atoms with Crippen LogP contribution < -0.4 is 10.2 Å². The van der Waals surface area contributed by atoms with E-state index in [0.29, 0.717) is 11.5 Å². The van der Waals surface area contributed by atoms with Crippen molar-refractivity contribution in [2.75, 3.05) is 43.4 Å². The number of nitrogens with one attached hydrogen (secondary N) is 1. The Morgan fingerprint density at radius 1 is 0.906 bits per heavy atom. The fourth-order valence-corrected chi connectivity index (χ4v) is 5.32. The van der Waals surface area contributed by atoms with Gasteiger partial charge in [0.2, 0.25) is 0 Å². The van der Waals surface area contributed by atoms with Gasteiger partial charge in [-0.05, 0) is 99.3 Å². The molecule has 5 heteroatoms. The summed E-state index contributed by atoms with van der Waals surface area (Å²) in [6.07, 6.45) is 4.63. The van der Waals surface area contributed by atoms with Gasteiger partial charge in [0.15, 0.2) is 0 Å². The number of likely N-dealkylation sites (tertiary alicyclic amines) is 1. The maximum Gasteiger partial charge on any atom is 0.254 e. The Labute approximate surface area is 192 Å². The average molecular weight is 433 g/mol. The zero-order valence-corrected chi connectivity index (χ0v) is 19.7. The topological polar surface area (TPSA) is 38.8 Å². The van der Waals surface area contributed by atoms with Crippen LogP contribution in [0.5, 0.6) is 0 Å². The van der Waals surface area contributed by atoms with Crippen molar-refractivity contribution in [1.29, 1.82) is 0 Å². The largest absolute Gasteiger partial charge is 0.371 e. The predicted molar refractivity (Wildman–Crippen MR) is 132 cm³/mol. The van der Waals surface area contributed by atoms with Crippen molar-refractivity contribution < 1.29 is 4.79 Å². The Morgan fingerprint density at radius 3 is 2.25 bits per heavy atom. The highest BCUT2D eigenvalue weighted by atomic mass is 16.2. The molecule has 0 aliphatic carbocycles. The van der Waals surface area contributed by atoms with Crippen molar-refractivity contribution in [2.24, 2.45) is 5.41 Å². The van der Waals surface area contributed by atoms with E-state index >= 15 is 0 Å². The van der Waals surface area contributed by atoms with E-state index in [1.165, 1.54) is 18.5 Å². The fourth-order valence-electron chi connectivity index (χ4n) is 5.32. The van der Waals surface area contributed by atoms with Crippen molar-refractivity contribution >= 4 is 23.0 Å². The van der Waals surface area contributed by atoms with Crippen LogP contribution in [-0.4, -0.2) is 55.0 Å². The molecule has 170 valence electrons. The van der Waals surface area contributed by atoms with Crippen LogP contribution in [0, 0.1) is 5.41 Å². The summed E-state index contributed by atoms with van der Waals surface area (Å²) in [4.78, 5) is 19.9. The summed E-state index contributed by atoms with van der Waals surface area (Å²) in [5, 5.41) is 3.54. The molecule has 0 saturated carbocycles. The monoisotopic (exact) mass is 432 g/mol. The first-order chi connectivity index (χ1) is 15.4. The van der Waals surface area contributed by atoms with Gasteiger partial charge in [-0.2, -0.15) is 0 Å². The lowest BCUT2D eigenvalue weighted by Gasteiger charge is -2.38. The third-order valence-corrected chi connectivity index (χ3v) is 7.70. The van der Waals surface area contributed by atoms with E-state index in [9.17, 15) is 4.79 Å². The number of rotatable bonds is 4. The summed E-state index contributed by atoms with van der Waals surface area (Å²) in [6.45, 7) is 9.88. The highest BCUT2D eigenvalue weighted by Crippen LogP contribution is 2.34. The Morgan fingerprint density at radius 2 is 1.56 bits per heavy atom. The molecule has 1 N–H and O–H groups in total. The first-order valence-electron chi connectivity index (χ1n) is 12.1. The van der Waals surface area contributed by atoms with Crippen LogP contribution in [0.2, 0.25) is 0 Å². The smallest absolute Gasteiger partial charge is 0.254 e. The molecule has 5 nitrogen and oxygen atoms in total. The molecule has 0 spiro atoms. The van der Waals surface area contributed by atoms with Gasteiger partial charge in [-0.25, -0.2) is 0 Å². The van der Waals surface area contributed by atoms with E-state index in [-0.39, 0.29) is 5.91 Å². The standard InChI is InChI=1S/C27H36N4O/c1-27(2)12-16-30(17-13-27)23-7-4-21(5-8-23)28-22-6-9-25-20(18-22)19-31(26(25)32)24-10-14-29(3)15-11-24/h4-9,18,24,28H,10-17,19H2,1-3H3. The Bertz CT molecular complexity index is 966. The summed E-state index contributed by atoms with van der Waals surface area (Å²) in [6, 6.07) is 15.3. The average Bonchev–Trinajstić information content (AvgIpc) is 3.11. The number of piperidine rings is 2. The Kier molecular flexibility index (Phi) is 5.62. The second-order valence-corrected chi connectivity index (χ2v) is 10.7. The van der Waals surface area contributed by atoms with Crippen LogP contribution >= 0.6 is 0 Å². The molecule has 3 aliphatic heterocycles.